The average molecular weight is 1060 g/mol. The van der Waals surface area contributed by atoms with E-state index in [0.29, 0.717) is 80.0 Å². The Morgan fingerprint density at radius 1 is 0.904 bits per heavy atom. The number of nitrogens with one attached hydrogen (secondary N) is 1. The molecular formula is C52H67ClN4O15S. The van der Waals surface area contributed by atoms with Crippen LogP contribution < -0.4 is 15.0 Å². The molecular weight excluding hydrogens is 988 g/mol. The number of hydrogen-bond donors (Lipinski definition) is 2. The van der Waals surface area contributed by atoms with Gasteiger partial charge in [-0.1, -0.05) is 42.3 Å². The van der Waals surface area contributed by atoms with Gasteiger partial charge < -0.3 is 38.5 Å². The van der Waals surface area contributed by atoms with Gasteiger partial charge in [-0.3, -0.25) is 39.0 Å². The van der Waals surface area contributed by atoms with Crippen LogP contribution in [-0.2, 0) is 63.8 Å². The lowest BCUT2D eigenvalue weighted by atomic mass is 9.82. The van der Waals surface area contributed by atoms with Crippen molar-refractivity contribution in [3.63, 3.8) is 0 Å². The van der Waals surface area contributed by atoms with Gasteiger partial charge in [0, 0.05) is 52.3 Å². The zero-order chi connectivity index (χ0) is 52.5. The van der Waals surface area contributed by atoms with Crippen LogP contribution in [0.15, 0.2) is 35.9 Å². The number of imide groups is 2. The minimum Gasteiger partial charge on any atom is -0.495 e. The van der Waals surface area contributed by atoms with Crippen molar-refractivity contribution in [2.24, 2.45) is 29.6 Å². The van der Waals surface area contributed by atoms with Crippen LogP contribution in [0.4, 0.5) is 10.5 Å². The zero-order valence-corrected chi connectivity index (χ0v) is 43.8. The first-order chi connectivity index (χ1) is 34.7. The molecule has 0 spiro atoms. The van der Waals surface area contributed by atoms with Crippen molar-refractivity contribution >= 4 is 76.6 Å². The number of esters is 1. The van der Waals surface area contributed by atoms with Gasteiger partial charge in [-0.2, -0.15) is 0 Å². The van der Waals surface area contributed by atoms with Crippen molar-refractivity contribution < 1.29 is 72.0 Å². The maximum atomic E-state index is 14.4. The van der Waals surface area contributed by atoms with Crippen molar-refractivity contribution in [2.45, 2.75) is 152 Å². The van der Waals surface area contributed by atoms with E-state index in [-0.39, 0.29) is 67.3 Å². The number of carbonyl (C=O) groups excluding carboxylic acids is 8. The summed E-state index contributed by atoms with van der Waals surface area (Å²) in [5.41, 5.74) is -0.900. The molecule has 0 radical (unpaired) electrons. The number of halogens is 1. The van der Waals surface area contributed by atoms with Crippen LogP contribution >= 0.6 is 23.4 Å². The molecule has 5 heterocycles. The van der Waals surface area contributed by atoms with Gasteiger partial charge in [0.25, 0.3) is 11.8 Å². The van der Waals surface area contributed by atoms with Crippen LogP contribution in [0.25, 0.3) is 0 Å². The predicted molar refractivity (Wildman–Crippen MR) is 264 cm³/mol. The number of epoxide rings is 1. The second-order valence-electron chi connectivity index (χ2n) is 21.0. The normalized spacial score (nSPS) is 35.4. The van der Waals surface area contributed by atoms with E-state index in [9.17, 15) is 43.5 Å². The molecule has 5 aliphatic heterocycles. The Kier molecular flexibility index (Phi) is 16.7. The number of fused-ring (bicyclic) bond motifs is 5. The monoisotopic (exact) mass is 1050 g/mol. The molecule has 7 aliphatic rings. The van der Waals surface area contributed by atoms with Gasteiger partial charge in [0.1, 0.15) is 34.7 Å². The van der Waals surface area contributed by atoms with E-state index in [4.69, 9.17) is 40.1 Å². The highest BCUT2D eigenvalue weighted by molar-refractivity contribution is 8.00. The minimum atomic E-state index is -1.84. The molecule has 8 atom stereocenters. The summed E-state index contributed by atoms with van der Waals surface area (Å²) in [5, 5.41) is 14.7. The van der Waals surface area contributed by atoms with Crippen LogP contribution in [0.2, 0.25) is 5.02 Å². The number of nitrogens with zero attached hydrogens (tertiary/aromatic N) is 3. The number of anilines is 1. The number of ether oxygens (including phenoxy) is 5. The summed E-state index contributed by atoms with van der Waals surface area (Å²) >= 11 is 8.31. The van der Waals surface area contributed by atoms with E-state index in [1.807, 2.05) is 26.0 Å². The van der Waals surface area contributed by atoms with Crippen molar-refractivity contribution in [3.05, 3.63) is 46.5 Å². The van der Waals surface area contributed by atoms with E-state index in [2.05, 4.69) is 5.32 Å². The molecule has 73 heavy (non-hydrogen) atoms. The van der Waals surface area contributed by atoms with Crippen LogP contribution in [0, 0.1) is 29.6 Å². The van der Waals surface area contributed by atoms with Crippen molar-refractivity contribution in [1.82, 2.24) is 15.3 Å². The number of rotatable bonds is 11. The minimum absolute atomic E-state index is 0.0191. The van der Waals surface area contributed by atoms with Crippen LogP contribution in [0.3, 0.4) is 0 Å². The third kappa shape index (κ3) is 11.9. The van der Waals surface area contributed by atoms with Gasteiger partial charge in [-0.05, 0) is 107 Å². The quantitative estimate of drug-likeness (QED) is 0.152. The Hall–Kier alpha value is -5.02. The van der Waals surface area contributed by atoms with E-state index in [1.165, 1.54) is 35.8 Å². The maximum Gasteiger partial charge on any atom is 0.409 e. The number of benzene rings is 1. The highest BCUT2D eigenvalue weighted by Crippen LogP contribution is 2.50. The van der Waals surface area contributed by atoms with Crippen molar-refractivity contribution in [1.29, 1.82) is 0 Å². The second kappa shape index (κ2) is 22.4. The molecule has 21 heteroatoms. The lowest BCUT2D eigenvalue weighted by Gasteiger charge is -2.42. The van der Waals surface area contributed by atoms with Gasteiger partial charge in [0.05, 0.1) is 42.4 Å². The molecule has 0 aromatic heterocycles. The van der Waals surface area contributed by atoms with E-state index >= 15 is 0 Å². The van der Waals surface area contributed by atoms with Gasteiger partial charge >= 0.3 is 18.0 Å². The van der Waals surface area contributed by atoms with E-state index in [1.54, 1.807) is 32.2 Å². The molecule has 2 saturated carbocycles. The molecule has 4 bridgehead atoms. The number of hydrogen-bond acceptors (Lipinski definition) is 16. The van der Waals surface area contributed by atoms with Gasteiger partial charge in [-0.25, -0.2) is 9.59 Å². The third-order valence-electron chi connectivity index (χ3n) is 15.9. The molecule has 398 valence electrons. The van der Waals surface area contributed by atoms with Crippen molar-refractivity contribution in [3.8, 4) is 5.75 Å². The Bertz CT molecular complexity index is 2400. The summed E-state index contributed by atoms with van der Waals surface area (Å²) in [7, 11) is 4.53. The molecule has 2 aliphatic carbocycles. The Balaban J connectivity index is 0.888. The summed E-state index contributed by atoms with van der Waals surface area (Å²) in [6, 6.07) is 3.61. The number of thioether (sulfide) groups is 1. The smallest absolute Gasteiger partial charge is 0.409 e. The number of carbonyl (C=O) groups is 8. The summed E-state index contributed by atoms with van der Waals surface area (Å²) in [4.78, 5) is 113. The Morgan fingerprint density at radius 2 is 1.56 bits per heavy atom. The highest BCUT2D eigenvalue weighted by Gasteiger charge is 2.64. The first kappa shape index (κ1) is 54.2. The van der Waals surface area contributed by atoms with Gasteiger partial charge in [0.2, 0.25) is 17.7 Å². The second-order valence-corrected chi connectivity index (χ2v) is 22.6. The maximum absolute atomic E-state index is 14.4. The number of methoxy groups -OCH3 is 2. The lowest BCUT2D eigenvalue weighted by Crippen LogP contribution is -2.63. The standard InChI is InChI=1S/C52H67ClN4O15S/c1-28-8-7-9-39(68-6)52(66)25-37(69-50(65)54-52)29(2)46-51(3,71-46)40(24-43(60)55(4)35-21-32(20-28)22-36(67-5)45(35)53)70-48(63)33-16-12-31(13-17-33)27-73-38-23-44(61)56(47(38)62)26-30-10-14-34(15-11-30)49(64)72-57-41(58)18-19-42(57)59/h7-9,21-22,29-31,33-34,37-40,46,66H,10-20,23-27H2,1-6H3,(H,54,65)/b9-7+,28-8+/t29-,30?,31?,33?,34?,37?,38?,39-,40+,46+,51+,52+/m1/s1. The molecule has 1 aromatic rings. The number of alkyl carbamates (subject to hydrolysis) is 1. The molecule has 8 rings (SSSR count). The molecule has 6 amide bonds. The molecule has 4 saturated heterocycles. The Morgan fingerprint density at radius 3 is 2.22 bits per heavy atom. The molecule has 2 unspecified atom stereocenters. The largest absolute Gasteiger partial charge is 0.495 e. The van der Waals surface area contributed by atoms with Crippen LogP contribution in [0.1, 0.15) is 110 Å². The number of hydroxylamine groups is 2. The van der Waals surface area contributed by atoms with E-state index < -0.39 is 94.5 Å². The number of allylic oxidation sites excluding steroid dienone is 3. The third-order valence-corrected chi connectivity index (χ3v) is 17.7. The SMILES string of the molecule is COc1cc2cc(c1Cl)N(C)C(=O)C[C@H](OC(=O)C1CCC(CSC3CC(=O)N(CC4CCC(C(=O)ON5C(=O)CCC5=O)CC4)C3=O)CC1)[C@]1(C)O[C@H]1[C@H](C)C1C[C@@](O)(NC(=O)O1)[C@H](OC)/C=C/C=C(\C)C2. The fourth-order valence-corrected chi connectivity index (χ4v) is 13.0. The van der Waals surface area contributed by atoms with Crippen LogP contribution in [0.5, 0.6) is 5.75 Å². The van der Waals surface area contributed by atoms with Crippen molar-refractivity contribution in [2.75, 3.05) is 38.5 Å². The predicted octanol–water partition coefficient (Wildman–Crippen LogP) is 5.75. The fraction of sp³-hybridized carbons (Fsp3) is 0.654. The zero-order valence-electron chi connectivity index (χ0n) is 42.3. The fourth-order valence-electron chi connectivity index (χ4n) is 11.3. The van der Waals surface area contributed by atoms with E-state index in [0.717, 1.165) is 11.1 Å². The topological polar surface area (TPSA) is 237 Å². The van der Waals surface area contributed by atoms with Gasteiger partial charge in [-0.15, -0.1) is 16.8 Å². The Labute approximate surface area is 434 Å². The van der Waals surface area contributed by atoms with Gasteiger partial charge in [0.15, 0.2) is 5.72 Å². The number of amides is 6. The van der Waals surface area contributed by atoms with Crippen LogP contribution in [-0.4, -0.2) is 137 Å². The summed E-state index contributed by atoms with van der Waals surface area (Å²) < 4.78 is 29.8. The molecule has 2 N–H and O–H groups in total. The highest BCUT2D eigenvalue weighted by atomic mass is 35.5. The number of likely N-dealkylation sites (tertiary alicyclic amines) is 1. The first-order valence-electron chi connectivity index (χ1n) is 25.3. The first-order valence-corrected chi connectivity index (χ1v) is 26.8. The summed E-state index contributed by atoms with van der Waals surface area (Å²) in [6.45, 7) is 5.79. The molecule has 1 aromatic carbocycles. The molecule has 6 fully saturated rings. The summed E-state index contributed by atoms with van der Waals surface area (Å²) in [6.07, 6.45) is 5.68. The summed E-state index contributed by atoms with van der Waals surface area (Å²) in [5.74, 6) is -3.24. The lowest BCUT2D eigenvalue weighted by molar-refractivity contribution is -0.201. The number of aliphatic hydroxyl groups is 1. The average Bonchev–Trinajstić information content (AvgIpc) is 3.87. The molecule has 19 nitrogen and oxygen atoms in total.